The van der Waals surface area contributed by atoms with E-state index in [0.29, 0.717) is 22.6 Å². The summed E-state index contributed by atoms with van der Waals surface area (Å²) in [5, 5.41) is 3.55. The second-order valence-electron chi connectivity index (χ2n) is 5.11. The number of amides is 1. The Balaban J connectivity index is 2.24. The van der Waals surface area contributed by atoms with Gasteiger partial charge in [0.15, 0.2) is 0 Å². The Labute approximate surface area is 125 Å². The first-order chi connectivity index (χ1) is 9.67. The van der Waals surface area contributed by atoms with E-state index < -0.39 is 0 Å². The summed E-state index contributed by atoms with van der Waals surface area (Å²) in [4.78, 5) is 19.0. The summed E-state index contributed by atoms with van der Waals surface area (Å²) in [5.74, 6) is 0.659. The Bertz CT molecular complexity index is 478. The summed E-state index contributed by atoms with van der Waals surface area (Å²) in [5.41, 5.74) is 0.366. The molecule has 5 heteroatoms. The fourth-order valence-electron chi connectivity index (χ4n) is 2.70. The van der Waals surface area contributed by atoms with Crippen LogP contribution in [0.2, 0.25) is 5.02 Å². The SMILES string of the molecule is CCNc1ccc(Cl)c(C(=O)N2CCCCC2CC)n1. The van der Waals surface area contributed by atoms with E-state index in [-0.39, 0.29) is 5.91 Å². The molecule has 110 valence electrons. The monoisotopic (exact) mass is 295 g/mol. The maximum atomic E-state index is 12.7. The zero-order valence-electron chi connectivity index (χ0n) is 12.2. The van der Waals surface area contributed by atoms with Crippen LogP contribution >= 0.6 is 11.6 Å². The summed E-state index contributed by atoms with van der Waals surface area (Å²) >= 11 is 6.16. The molecule has 0 saturated carbocycles. The van der Waals surface area contributed by atoms with E-state index in [1.54, 1.807) is 12.1 Å². The summed E-state index contributed by atoms with van der Waals surface area (Å²) in [7, 11) is 0. The van der Waals surface area contributed by atoms with Crippen LogP contribution < -0.4 is 5.32 Å². The van der Waals surface area contributed by atoms with Gasteiger partial charge in [-0.05, 0) is 44.7 Å². The van der Waals surface area contributed by atoms with E-state index in [1.165, 1.54) is 6.42 Å². The number of likely N-dealkylation sites (tertiary alicyclic amines) is 1. The molecule has 1 aliphatic rings. The molecule has 0 aliphatic carbocycles. The van der Waals surface area contributed by atoms with Gasteiger partial charge in [-0.1, -0.05) is 18.5 Å². The highest BCUT2D eigenvalue weighted by atomic mass is 35.5. The Hall–Kier alpha value is -1.29. The second kappa shape index (κ2) is 6.93. The highest BCUT2D eigenvalue weighted by Crippen LogP contribution is 2.24. The number of rotatable bonds is 4. The Kier molecular flexibility index (Phi) is 5.24. The third-order valence-electron chi connectivity index (χ3n) is 3.77. The van der Waals surface area contributed by atoms with E-state index in [4.69, 9.17) is 11.6 Å². The molecular weight excluding hydrogens is 274 g/mol. The number of carbonyl (C=O) groups is 1. The number of hydrogen-bond acceptors (Lipinski definition) is 3. The molecule has 20 heavy (non-hydrogen) atoms. The van der Waals surface area contributed by atoms with Gasteiger partial charge in [0.05, 0.1) is 5.02 Å². The third-order valence-corrected chi connectivity index (χ3v) is 4.07. The number of piperidine rings is 1. The predicted octanol–water partition coefficient (Wildman–Crippen LogP) is 3.57. The number of nitrogens with one attached hydrogen (secondary N) is 1. The minimum Gasteiger partial charge on any atom is -0.370 e. The van der Waals surface area contributed by atoms with Crippen molar-refractivity contribution in [2.45, 2.75) is 45.6 Å². The lowest BCUT2D eigenvalue weighted by atomic mass is 9.99. The number of carbonyl (C=O) groups excluding carboxylic acids is 1. The molecule has 0 bridgehead atoms. The first-order valence-electron chi connectivity index (χ1n) is 7.38. The third kappa shape index (κ3) is 3.23. The Morgan fingerprint density at radius 2 is 2.25 bits per heavy atom. The van der Waals surface area contributed by atoms with Gasteiger partial charge in [0.1, 0.15) is 11.5 Å². The number of hydrogen-bond donors (Lipinski definition) is 1. The van der Waals surface area contributed by atoms with Crippen molar-refractivity contribution in [3.05, 3.63) is 22.8 Å². The lowest BCUT2D eigenvalue weighted by Crippen LogP contribution is -2.43. The quantitative estimate of drug-likeness (QED) is 0.923. The largest absolute Gasteiger partial charge is 0.370 e. The van der Waals surface area contributed by atoms with Crippen molar-refractivity contribution in [1.82, 2.24) is 9.88 Å². The van der Waals surface area contributed by atoms with E-state index in [1.807, 2.05) is 11.8 Å². The zero-order valence-corrected chi connectivity index (χ0v) is 12.9. The van der Waals surface area contributed by atoms with Crippen molar-refractivity contribution in [3.8, 4) is 0 Å². The van der Waals surface area contributed by atoms with Crippen LogP contribution in [-0.4, -0.2) is 34.9 Å². The Morgan fingerprint density at radius 3 is 2.95 bits per heavy atom. The average Bonchev–Trinajstić information content (AvgIpc) is 2.48. The van der Waals surface area contributed by atoms with Crippen LogP contribution in [-0.2, 0) is 0 Å². The minimum absolute atomic E-state index is 0.0405. The molecule has 4 nitrogen and oxygen atoms in total. The van der Waals surface area contributed by atoms with Crippen molar-refractivity contribution < 1.29 is 4.79 Å². The number of anilines is 1. The molecule has 1 amide bonds. The fourth-order valence-corrected chi connectivity index (χ4v) is 2.89. The van der Waals surface area contributed by atoms with E-state index in [9.17, 15) is 4.79 Å². The summed E-state index contributed by atoms with van der Waals surface area (Å²) in [6, 6.07) is 3.86. The molecule has 0 aromatic carbocycles. The van der Waals surface area contributed by atoms with Gasteiger partial charge >= 0.3 is 0 Å². The van der Waals surface area contributed by atoms with Crippen LogP contribution in [0.3, 0.4) is 0 Å². The number of halogens is 1. The highest BCUT2D eigenvalue weighted by Gasteiger charge is 2.28. The normalized spacial score (nSPS) is 18.9. The van der Waals surface area contributed by atoms with Crippen LogP contribution in [0.15, 0.2) is 12.1 Å². The van der Waals surface area contributed by atoms with Crippen LogP contribution in [0.5, 0.6) is 0 Å². The minimum atomic E-state index is -0.0405. The van der Waals surface area contributed by atoms with Crippen LogP contribution in [0.4, 0.5) is 5.82 Å². The maximum Gasteiger partial charge on any atom is 0.274 e. The van der Waals surface area contributed by atoms with Gasteiger partial charge in [-0.15, -0.1) is 0 Å². The average molecular weight is 296 g/mol. The first-order valence-corrected chi connectivity index (χ1v) is 7.76. The van der Waals surface area contributed by atoms with Crippen molar-refractivity contribution in [2.75, 3.05) is 18.4 Å². The predicted molar refractivity (Wildman–Crippen MR) is 82.4 cm³/mol. The van der Waals surface area contributed by atoms with Crippen LogP contribution in [0, 0.1) is 0 Å². The van der Waals surface area contributed by atoms with Gasteiger partial charge in [-0.3, -0.25) is 4.79 Å². The van der Waals surface area contributed by atoms with Gasteiger partial charge < -0.3 is 10.2 Å². The smallest absolute Gasteiger partial charge is 0.274 e. The first kappa shape index (κ1) is 15.1. The molecule has 1 saturated heterocycles. The standard InChI is InChI=1S/C15H22ClN3O/c1-3-11-7-5-6-10-19(11)15(20)14-12(16)8-9-13(18-14)17-4-2/h8-9,11H,3-7,10H2,1-2H3,(H,17,18). The molecule has 0 radical (unpaired) electrons. The molecule has 1 aromatic heterocycles. The van der Waals surface area contributed by atoms with Crippen molar-refractivity contribution in [2.24, 2.45) is 0 Å². The summed E-state index contributed by atoms with van der Waals surface area (Å²) < 4.78 is 0. The molecule has 2 heterocycles. The van der Waals surface area contributed by atoms with Gasteiger partial charge in [-0.25, -0.2) is 4.98 Å². The lowest BCUT2D eigenvalue weighted by molar-refractivity contribution is 0.0602. The summed E-state index contributed by atoms with van der Waals surface area (Å²) in [6.07, 6.45) is 4.32. The molecule has 0 spiro atoms. The number of aromatic nitrogens is 1. The van der Waals surface area contributed by atoms with Crippen molar-refractivity contribution in [1.29, 1.82) is 0 Å². The van der Waals surface area contributed by atoms with Gasteiger partial charge in [-0.2, -0.15) is 0 Å². The van der Waals surface area contributed by atoms with Crippen molar-refractivity contribution >= 4 is 23.3 Å². The van der Waals surface area contributed by atoms with Crippen molar-refractivity contribution in [3.63, 3.8) is 0 Å². The molecular formula is C15H22ClN3O. The van der Waals surface area contributed by atoms with Gasteiger partial charge in [0.2, 0.25) is 0 Å². The molecule has 1 fully saturated rings. The van der Waals surface area contributed by atoms with Crippen LogP contribution in [0.25, 0.3) is 0 Å². The zero-order chi connectivity index (χ0) is 14.5. The molecule has 1 aromatic rings. The van der Waals surface area contributed by atoms with Gasteiger partial charge in [0, 0.05) is 19.1 Å². The van der Waals surface area contributed by atoms with Gasteiger partial charge in [0.25, 0.3) is 5.91 Å². The second-order valence-corrected chi connectivity index (χ2v) is 5.52. The van der Waals surface area contributed by atoms with Crippen LogP contribution in [0.1, 0.15) is 50.0 Å². The Morgan fingerprint density at radius 1 is 1.45 bits per heavy atom. The van der Waals surface area contributed by atoms with E-state index in [0.717, 1.165) is 32.4 Å². The molecule has 1 N–H and O–H groups in total. The highest BCUT2D eigenvalue weighted by molar-refractivity contribution is 6.33. The molecule has 1 atom stereocenters. The molecule has 2 rings (SSSR count). The number of nitrogens with zero attached hydrogens (tertiary/aromatic N) is 2. The lowest BCUT2D eigenvalue weighted by Gasteiger charge is -2.35. The number of pyridine rings is 1. The topological polar surface area (TPSA) is 45.2 Å². The van der Waals surface area contributed by atoms with E-state index >= 15 is 0 Å². The fraction of sp³-hybridized carbons (Fsp3) is 0.600. The summed E-state index contributed by atoms with van der Waals surface area (Å²) in [6.45, 7) is 5.69. The maximum absolute atomic E-state index is 12.7. The van der Waals surface area contributed by atoms with E-state index in [2.05, 4.69) is 17.2 Å². The molecule has 1 aliphatic heterocycles. The molecule has 1 unspecified atom stereocenters.